The first-order chi connectivity index (χ1) is 7.75. The minimum Gasteiger partial charge on any atom is -0.480 e. The van der Waals surface area contributed by atoms with E-state index in [-0.39, 0.29) is 0 Å². The van der Waals surface area contributed by atoms with E-state index < -0.39 is 42.5 Å². The second kappa shape index (κ2) is 6.81. The van der Waals surface area contributed by atoms with Gasteiger partial charge in [-0.3, -0.25) is 9.59 Å². The van der Waals surface area contributed by atoms with Crippen LogP contribution in [0.1, 0.15) is 13.8 Å². The van der Waals surface area contributed by atoms with Crippen molar-refractivity contribution < 1.29 is 24.6 Å². The van der Waals surface area contributed by atoms with Gasteiger partial charge in [-0.05, 0) is 13.8 Å². The van der Waals surface area contributed by atoms with Crippen LogP contribution in [0, 0.1) is 0 Å². The summed E-state index contributed by atoms with van der Waals surface area (Å²) in [6, 6.07) is -2.16. The van der Waals surface area contributed by atoms with Crippen molar-refractivity contribution in [1.29, 1.82) is 0 Å². The van der Waals surface area contributed by atoms with Gasteiger partial charge >= 0.3 is 5.97 Å². The second-order valence-corrected chi connectivity index (χ2v) is 3.63. The maximum atomic E-state index is 11.2. The lowest BCUT2D eigenvalue weighted by atomic mass is 10.2. The Morgan fingerprint density at radius 3 is 2.18 bits per heavy atom. The van der Waals surface area contributed by atoms with Crippen LogP contribution < -0.4 is 16.4 Å². The van der Waals surface area contributed by atoms with E-state index >= 15 is 0 Å². The Morgan fingerprint density at radius 1 is 1.29 bits per heavy atom. The SMILES string of the molecule is C[C@H](N)C(=O)NCC(=O)N[C@H](C(=O)O)[C@@H](C)O. The summed E-state index contributed by atoms with van der Waals surface area (Å²) in [7, 11) is 0. The highest BCUT2D eigenvalue weighted by molar-refractivity contribution is 5.89. The molecule has 0 saturated heterocycles. The molecule has 0 unspecified atom stereocenters. The van der Waals surface area contributed by atoms with E-state index in [1.807, 2.05) is 0 Å². The fraction of sp³-hybridized carbons (Fsp3) is 0.667. The van der Waals surface area contributed by atoms with Crippen molar-refractivity contribution in [2.75, 3.05) is 6.54 Å². The highest BCUT2D eigenvalue weighted by Gasteiger charge is 2.24. The summed E-state index contributed by atoms with van der Waals surface area (Å²) in [4.78, 5) is 32.9. The summed E-state index contributed by atoms with van der Waals surface area (Å²) in [6.45, 7) is 2.29. The number of amides is 2. The quantitative estimate of drug-likeness (QED) is 0.348. The van der Waals surface area contributed by atoms with Crippen molar-refractivity contribution in [3.05, 3.63) is 0 Å². The van der Waals surface area contributed by atoms with Gasteiger partial charge in [-0.15, -0.1) is 0 Å². The van der Waals surface area contributed by atoms with Gasteiger partial charge in [0.2, 0.25) is 11.8 Å². The van der Waals surface area contributed by atoms with Crippen LogP contribution in [0.5, 0.6) is 0 Å². The van der Waals surface area contributed by atoms with Gasteiger partial charge in [0.1, 0.15) is 0 Å². The maximum Gasteiger partial charge on any atom is 0.328 e. The van der Waals surface area contributed by atoms with Gasteiger partial charge in [0.05, 0.1) is 18.7 Å². The number of hydrogen-bond acceptors (Lipinski definition) is 5. The predicted molar refractivity (Wildman–Crippen MR) is 57.9 cm³/mol. The molecule has 17 heavy (non-hydrogen) atoms. The molecule has 0 aromatic heterocycles. The molecular weight excluding hydrogens is 230 g/mol. The van der Waals surface area contributed by atoms with Crippen LogP contribution in [-0.2, 0) is 14.4 Å². The zero-order valence-electron chi connectivity index (χ0n) is 9.64. The van der Waals surface area contributed by atoms with Gasteiger partial charge in [0.25, 0.3) is 0 Å². The highest BCUT2D eigenvalue weighted by atomic mass is 16.4. The first-order valence-electron chi connectivity index (χ1n) is 4.99. The topological polar surface area (TPSA) is 142 Å². The summed E-state index contributed by atoms with van der Waals surface area (Å²) in [5.41, 5.74) is 5.24. The summed E-state index contributed by atoms with van der Waals surface area (Å²) in [5.74, 6) is -2.59. The number of carboxylic acids is 1. The van der Waals surface area contributed by atoms with E-state index in [1.54, 1.807) is 0 Å². The summed E-state index contributed by atoms with van der Waals surface area (Å²) in [6.07, 6.45) is -1.24. The van der Waals surface area contributed by atoms with Gasteiger partial charge in [-0.25, -0.2) is 4.79 Å². The number of carboxylic acid groups (broad SMARTS) is 1. The number of aliphatic hydroxyl groups is 1. The minimum absolute atomic E-state index is 0.392. The molecule has 0 aliphatic rings. The third kappa shape index (κ3) is 5.83. The number of rotatable bonds is 6. The second-order valence-electron chi connectivity index (χ2n) is 3.63. The zero-order chi connectivity index (χ0) is 13.6. The fourth-order valence-corrected chi connectivity index (χ4v) is 0.942. The molecule has 0 aromatic rings. The molecule has 8 heteroatoms. The molecule has 0 radical (unpaired) electrons. The molecule has 0 aromatic carbocycles. The third-order valence-electron chi connectivity index (χ3n) is 1.90. The van der Waals surface area contributed by atoms with E-state index in [9.17, 15) is 14.4 Å². The smallest absolute Gasteiger partial charge is 0.328 e. The Labute approximate surface area is 98.2 Å². The van der Waals surface area contributed by atoms with Crippen LogP contribution in [0.15, 0.2) is 0 Å². The van der Waals surface area contributed by atoms with E-state index in [2.05, 4.69) is 10.6 Å². The van der Waals surface area contributed by atoms with Crippen LogP contribution in [0.3, 0.4) is 0 Å². The van der Waals surface area contributed by atoms with Crippen molar-refractivity contribution in [3.8, 4) is 0 Å². The number of aliphatic hydroxyl groups excluding tert-OH is 1. The normalized spacial score (nSPS) is 15.5. The number of aliphatic carboxylic acids is 1. The molecule has 8 nitrogen and oxygen atoms in total. The Morgan fingerprint density at radius 2 is 1.82 bits per heavy atom. The van der Waals surface area contributed by atoms with Crippen molar-refractivity contribution >= 4 is 17.8 Å². The lowest BCUT2D eigenvalue weighted by Crippen LogP contribution is -2.51. The number of hydrogen-bond donors (Lipinski definition) is 5. The summed E-state index contributed by atoms with van der Waals surface area (Å²) >= 11 is 0. The molecule has 0 fully saturated rings. The Balaban J connectivity index is 4.17. The molecule has 0 aliphatic heterocycles. The van der Waals surface area contributed by atoms with Gasteiger partial charge in [-0.2, -0.15) is 0 Å². The monoisotopic (exact) mass is 247 g/mol. The molecule has 0 saturated carbocycles. The Bertz CT molecular complexity index is 303. The van der Waals surface area contributed by atoms with E-state index in [1.165, 1.54) is 13.8 Å². The van der Waals surface area contributed by atoms with Crippen molar-refractivity contribution in [2.24, 2.45) is 5.73 Å². The first-order valence-corrected chi connectivity index (χ1v) is 4.99. The lowest BCUT2D eigenvalue weighted by molar-refractivity contribution is -0.144. The molecular formula is C9H17N3O5. The minimum atomic E-state index is -1.41. The zero-order valence-corrected chi connectivity index (χ0v) is 9.64. The maximum absolute atomic E-state index is 11.2. The van der Waals surface area contributed by atoms with E-state index in [0.29, 0.717) is 0 Å². The van der Waals surface area contributed by atoms with Gasteiger partial charge < -0.3 is 26.6 Å². The molecule has 2 amide bonds. The molecule has 0 heterocycles. The predicted octanol–water partition coefficient (Wildman–Crippen LogP) is -2.60. The first kappa shape index (κ1) is 15.3. The van der Waals surface area contributed by atoms with Crippen molar-refractivity contribution in [1.82, 2.24) is 10.6 Å². The highest BCUT2D eigenvalue weighted by Crippen LogP contribution is 1.92. The van der Waals surface area contributed by atoms with Gasteiger partial charge in [-0.1, -0.05) is 0 Å². The van der Waals surface area contributed by atoms with Crippen molar-refractivity contribution in [3.63, 3.8) is 0 Å². The van der Waals surface area contributed by atoms with Crippen LogP contribution in [0.4, 0.5) is 0 Å². The number of carbonyl (C=O) groups is 3. The molecule has 98 valence electrons. The molecule has 3 atom stereocenters. The fourth-order valence-electron chi connectivity index (χ4n) is 0.942. The molecule has 0 aliphatic carbocycles. The van der Waals surface area contributed by atoms with Gasteiger partial charge in [0, 0.05) is 0 Å². The largest absolute Gasteiger partial charge is 0.480 e. The van der Waals surface area contributed by atoms with Gasteiger partial charge in [0.15, 0.2) is 6.04 Å². The molecule has 6 N–H and O–H groups in total. The van der Waals surface area contributed by atoms with Crippen LogP contribution in [-0.4, -0.2) is 52.7 Å². The third-order valence-corrected chi connectivity index (χ3v) is 1.90. The van der Waals surface area contributed by atoms with Crippen LogP contribution >= 0.6 is 0 Å². The summed E-state index contributed by atoms with van der Waals surface area (Å²) in [5, 5.41) is 22.1. The Hall–Kier alpha value is -1.67. The average Bonchev–Trinajstić information content (AvgIpc) is 2.21. The lowest BCUT2D eigenvalue weighted by Gasteiger charge is -2.17. The van der Waals surface area contributed by atoms with Crippen LogP contribution in [0.2, 0.25) is 0 Å². The summed E-state index contributed by atoms with van der Waals surface area (Å²) < 4.78 is 0. The molecule has 0 bridgehead atoms. The molecule has 0 rings (SSSR count). The van der Waals surface area contributed by atoms with E-state index in [4.69, 9.17) is 15.9 Å². The van der Waals surface area contributed by atoms with E-state index in [0.717, 1.165) is 0 Å². The number of carbonyl (C=O) groups excluding carboxylic acids is 2. The van der Waals surface area contributed by atoms with Crippen molar-refractivity contribution in [2.45, 2.75) is 32.0 Å². The number of nitrogens with two attached hydrogens (primary N) is 1. The standard InChI is InChI=1S/C9H17N3O5/c1-4(10)8(15)11-3-6(14)12-7(5(2)13)9(16)17/h4-5,7,13H,3,10H2,1-2H3,(H,11,15)(H,12,14)(H,16,17)/t4-,5+,7-/m0/s1. The van der Waals surface area contributed by atoms with Crippen LogP contribution in [0.25, 0.3) is 0 Å². The molecule has 0 spiro atoms. The number of nitrogens with one attached hydrogen (secondary N) is 2. The Kier molecular flexibility index (Phi) is 6.15. The average molecular weight is 247 g/mol.